The number of carbonyl (C=O) groups excluding carboxylic acids is 2. The highest BCUT2D eigenvalue weighted by Gasteiger charge is 2.23. The lowest BCUT2D eigenvalue weighted by molar-refractivity contribution is -0.123. The molecule has 1 saturated heterocycles. The van der Waals surface area contributed by atoms with Crippen LogP contribution in [0.5, 0.6) is 0 Å². The molecule has 0 saturated carbocycles. The van der Waals surface area contributed by atoms with Gasteiger partial charge in [-0.15, -0.1) is 0 Å². The van der Waals surface area contributed by atoms with Gasteiger partial charge in [-0.2, -0.15) is 0 Å². The van der Waals surface area contributed by atoms with Gasteiger partial charge in [0, 0.05) is 25.2 Å². The number of benzene rings is 1. The number of nitrogens with two attached hydrogens (primary N) is 1. The van der Waals surface area contributed by atoms with E-state index in [2.05, 4.69) is 10.2 Å². The van der Waals surface area contributed by atoms with E-state index in [1.165, 1.54) is 0 Å². The highest BCUT2D eigenvalue weighted by molar-refractivity contribution is 5.94. The van der Waals surface area contributed by atoms with E-state index in [-0.39, 0.29) is 17.7 Å². The van der Waals surface area contributed by atoms with Crippen molar-refractivity contribution in [3.05, 3.63) is 35.4 Å². The number of hydrogen-bond acceptors (Lipinski definition) is 4. The van der Waals surface area contributed by atoms with Crippen LogP contribution in [0, 0.1) is 5.92 Å². The summed E-state index contributed by atoms with van der Waals surface area (Å²) < 4.78 is 0. The van der Waals surface area contributed by atoms with Crippen molar-refractivity contribution in [1.82, 2.24) is 10.2 Å². The zero-order chi connectivity index (χ0) is 19.2. The number of aliphatic hydroxyl groups is 1. The van der Waals surface area contributed by atoms with Crippen LogP contribution >= 0.6 is 0 Å². The lowest BCUT2D eigenvalue weighted by Crippen LogP contribution is -2.44. The van der Waals surface area contributed by atoms with Crippen LogP contribution in [0.4, 0.5) is 0 Å². The Balaban J connectivity index is 1.75. The minimum absolute atomic E-state index is 0.0732. The second-order valence-corrected chi connectivity index (χ2v) is 7.81. The van der Waals surface area contributed by atoms with Gasteiger partial charge in [-0.3, -0.25) is 9.59 Å². The Morgan fingerprint density at radius 3 is 2.62 bits per heavy atom. The first-order valence-corrected chi connectivity index (χ1v) is 9.36. The first-order valence-electron chi connectivity index (χ1n) is 9.36. The third-order valence-electron chi connectivity index (χ3n) is 4.86. The van der Waals surface area contributed by atoms with Crippen LogP contribution in [0.1, 0.15) is 49.0 Å². The summed E-state index contributed by atoms with van der Waals surface area (Å²) in [5.41, 5.74) is 6.44. The first kappa shape index (κ1) is 20.4. The van der Waals surface area contributed by atoms with E-state index < -0.39 is 5.60 Å². The second-order valence-electron chi connectivity index (χ2n) is 7.81. The molecule has 0 bridgehead atoms. The van der Waals surface area contributed by atoms with Crippen LogP contribution < -0.4 is 11.1 Å². The normalized spacial score (nSPS) is 18.5. The Morgan fingerprint density at radius 1 is 1.31 bits per heavy atom. The largest absolute Gasteiger partial charge is 0.390 e. The van der Waals surface area contributed by atoms with E-state index in [1.807, 2.05) is 24.3 Å². The summed E-state index contributed by atoms with van der Waals surface area (Å²) in [7, 11) is 0. The molecule has 0 spiro atoms. The van der Waals surface area contributed by atoms with Gasteiger partial charge in [-0.05, 0) is 63.8 Å². The number of rotatable bonds is 8. The topological polar surface area (TPSA) is 95.7 Å². The summed E-state index contributed by atoms with van der Waals surface area (Å²) in [6, 6.07) is 7.50. The number of carbonyl (C=O) groups is 2. The van der Waals surface area contributed by atoms with Crippen LogP contribution in [-0.2, 0) is 11.2 Å². The predicted octanol–water partition coefficient (Wildman–Crippen LogP) is 1.32. The molecule has 0 unspecified atom stereocenters. The minimum Gasteiger partial charge on any atom is -0.390 e. The number of primary amides is 1. The highest BCUT2D eigenvalue weighted by Crippen LogP contribution is 2.16. The third-order valence-corrected chi connectivity index (χ3v) is 4.86. The summed E-state index contributed by atoms with van der Waals surface area (Å²) in [4.78, 5) is 25.7. The molecule has 1 aromatic rings. The first-order chi connectivity index (χ1) is 12.2. The third kappa shape index (κ3) is 6.77. The molecule has 1 fully saturated rings. The molecule has 1 atom stereocenters. The predicted molar refractivity (Wildman–Crippen MR) is 102 cm³/mol. The van der Waals surface area contributed by atoms with Crippen molar-refractivity contribution >= 4 is 11.8 Å². The van der Waals surface area contributed by atoms with Crippen LogP contribution in [0.25, 0.3) is 0 Å². The van der Waals surface area contributed by atoms with Gasteiger partial charge in [0.2, 0.25) is 5.91 Å². The molecule has 0 radical (unpaired) electrons. The van der Waals surface area contributed by atoms with Crippen molar-refractivity contribution in [3.8, 4) is 0 Å². The fourth-order valence-corrected chi connectivity index (χ4v) is 3.19. The number of hydrogen-bond donors (Lipinski definition) is 3. The summed E-state index contributed by atoms with van der Waals surface area (Å²) in [6.45, 7) is 6.48. The second kappa shape index (κ2) is 9.14. The maximum absolute atomic E-state index is 12.2. The smallest absolute Gasteiger partial charge is 0.251 e. The average Bonchev–Trinajstić information content (AvgIpc) is 2.60. The molecule has 1 aromatic carbocycles. The SMILES string of the molecule is CC(C)(O)CCc1ccc(C(=O)NCCN2CCC[C@@H](C(N)=O)C2)cc1. The van der Waals surface area contributed by atoms with Gasteiger partial charge in [0.05, 0.1) is 11.5 Å². The highest BCUT2D eigenvalue weighted by atomic mass is 16.3. The van der Waals surface area contributed by atoms with Gasteiger partial charge in [-0.1, -0.05) is 12.1 Å². The maximum atomic E-state index is 12.2. The van der Waals surface area contributed by atoms with Gasteiger partial charge >= 0.3 is 0 Å². The summed E-state index contributed by atoms with van der Waals surface area (Å²) in [5, 5.41) is 12.7. The molecule has 2 amide bonds. The molecular formula is C20H31N3O3. The Bertz CT molecular complexity index is 608. The van der Waals surface area contributed by atoms with E-state index >= 15 is 0 Å². The van der Waals surface area contributed by atoms with Gasteiger partial charge < -0.3 is 21.1 Å². The number of amides is 2. The number of nitrogens with one attached hydrogen (secondary N) is 1. The Hall–Kier alpha value is -1.92. The zero-order valence-electron chi connectivity index (χ0n) is 15.8. The molecule has 1 aliphatic rings. The van der Waals surface area contributed by atoms with Crippen molar-refractivity contribution in [2.75, 3.05) is 26.2 Å². The van der Waals surface area contributed by atoms with E-state index in [1.54, 1.807) is 13.8 Å². The standard InChI is InChI=1S/C20H31N3O3/c1-20(2,26)10-9-15-5-7-16(8-6-15)19(25)22-11-13-23-12-3-4-17(14-23)18(21)24/h5-8,17,26H,3-4,9-14H2,1-2H3,(H2,21,24)(H,22,25)/t17-/m1/s1. The lowest BCUT2D eigenvalue weighted by Gasteiger charge is -2.31. The monoisotopic (exact) mass is 361 g/mol. The van der Waals surface area contributed by atoms with Crippen molar-refractivity contribution in [1.29, 1.82) is 0 Å². The lowest BCUT2D eigenvalue weighted by atomic mass is 9.97. The van der Waals surface area contributed by atoms with Crippen molar-refractivity contribution in [2.24, 2.45) is 11.7 Å². The van der Waals surface area contributed by atoms with E-state index in [4.69, 9.17) is 5.73 Å². The molecule has 1 aliphatic heterocycles. The molecular weight excluding hydrogens is 330 g/mol. The number of piperidine rings is 1. The van der Waals surface area contributed by atoms with Gasteiger partial charge in [0.1, 0.15) is 0 Å². The summed E-state index contributed by atoms with van der Waals surface area (Å²) in [6.07, 6.45) is 3.29. The van der Waals surface area contributed by atoms with Crippen molar-refractivity contribution in [3.63, 3.8) is 0 Å². The fourth-order valence-electron chi connectivity index (χ4n) is 3.19. The van der Waals surface area contributed by atoms with Gasteiger partial charge in [-0.25, -0.2) is 0 Å². The summed E-state index contributed by atoms with van der Waals surface area (Å²) >= 11 is 0. The molecule has 6 heteroatoms. The number of nitrogens with zero attached hydrogens (tertiary/aromatic N) is 1. The molecule has 6 nitrogen and oxygen atoms in total. The average molecular weight is 361 g/mol. The molecule has 4 N–H and O–H groups in total. The van der Waals surface area contributed by atoms with Crippen LogP contribution in [-0.4, -0.2) is 53.6 Å². The zero-order valence-corrected chi connectivity index (χ0v) is 15.8. The minimum atomic E-state index is -0.683. The van der Waals surface area contributed by atoms with E-state index in [0.29, 0.717) is 25.1 Å². The Kier molecular flexibility index (Phi) is 7.17. The molecule has 26 heavy (non-hydrogen) atoms. The van der Waals surface area contributed by atoms with Crippen molar-refractivity contribution in [2.45, 2.75) is 45.1 Å². The quantitative estimate of drug-likeness (QED) is 0.651. The maximum Gasteiger partial charge on any atom is 0.251 e. The Morgan fingerprint density at radius 2 is 2.00 bits per heavy atom. The van der Waals surface area contributed by atoms with Crippen LogP contribution in [0.2, 0.25) is 0 Å². The van der Waals surface area contributed by atoms with Crippen molar-refractivity contribution < 1.29 is 14.7 Å². The molecule has 0 aliphatic carbocycles. The number of likely N-dealkylation sites (tertiary alicyclic amines) is 1. The van der Waals surface area contributed by atoms with E-state index in [9.17, 15) is 14.7 Å². The van der Waals surface area contributed by atoms with Crippen LogP contribution in [0.3, 0.4) is 0 Å². The Labute approximate surface area is 155 Å². The van der Waals surface area contributed by atoms with Gasteiger partial charge in [0.25, 0.3) is 5.91 Å². The molecule has 144 valence electrons. The van der Waals surface area contributed by atoms with Crippen LogP contribution in [0.15, 0.2) is 24.3 Å². The molecule has 0 aromatic heterocycles. The molecule has 2 rings (SSSR count). The van der Waals surface area contributed by atoms with Gasteiger partial charge in [0.15, 0.2) is 0 Å². The van der Waals surface area contributed by atoms with E-state index in [0.717, 1.165) is 37.9 Å². The summed E-state index contributed by atoms with van der Waals surface area (Å²) in [5.74, 6) is -0.401. The fraction of sp³-hybridized carbons (Fsp3) is 0.600. The molecule has 1 heterocycles. The number of aryl methyl sites for hydroxylation is 1.